The summed E-state index contributed by atoms with van der Waals surface area (Å²) in [5, 5.41) is 2.99. The summed E-state index contributed by atoms with van der Waals surface area (Å²) in [5.41, 5.74) is 2.99. The minimum atomic E-state index is -0.955. The second kappa shape index (κ2) is 9.97. The van der Waals surface area contributed by atoms with Gasteiger partial charge in [0.1, 0.15) is 6.04 Å². The van der Waals surface area contributed by atoms with E-state index in [4.69, 9.17) is 0 Å². The van der Waals surface area contributed by atoms with Crippen molar-refractivity contribution in [3.05, 3.63) is 65.5 Å². The molecule has 0 radical (unpaired) electrons. The SMILES string of the molecule is CC(C)C(C(=O)NCc1ccc(CN2CCN(C)CC2)cc1)n1cnc2cc(F)c(F)cc21. The predicted molar refractivity (Wildman–Crippen MR) is 125 cm³/mol. The Bertz CT molecular complexity index is 1100. The Morgan fingerprint density at radius 3 is 2.33 bits per heavy atom. The van der Waals surface area contributed by atoms with Gasteiger partial charge in [0.05, 0.1) is 17.4 Å². The van der Waals surface area contributed by atoms with Gasteiger partial charge in [0, 0.05) is 51.4 Å². The van der Waals surface area contributed by atoms with E-state index >= 15 is 0 Å². The van der Waals surface area contributed by atoms with Crippen molar-refractivity contribution in [3.63, 3.8) is 0 Å². The zero-order valence-corrected chi connectivity index (χ0v) is 19.4. The maximum atomic E-state index is 13.8. The number of fused-ring (bicyclic) bond motifs is 1. The second-order valence-corrected chi connectivity index (χ2v) is 9.21. The molecule has 1 aliphatic heterocycles. The summed E-state index contributed by atoms with van der Waals surface area (Å²) in [7, 11) is 2.15. The van der Waals surface area contributed by atoms with Crippen molar-refractivity contribution in [2.75, 3.05) is 33.2 Å². The number of carbonyl (C=O) groups excluding carboxylic acids is 1. The predicted octanol–water partition coefficient (Wildman–Crippen LogP) is 3.58. The molecule has 1 N–H and O–H groups in total. The highest BCUT2D eigenvalue weighted by atomic mass is 19.2. The molecular weight excluding hydrogens is 424 g/mol. The van der Waals surface area contributed by atoms with Crippen molar-refractivity contribution in [1.29, 1.82) is 0 Å². The number of aromatic nitrogens is 2. The number of hydrogen-bond acceptors (Lipinski definition) is 4. The number of nitrogens with one attached hydrogen (secondary N) is 1. The van der Waals surface area contributed by atoms with E-state index in [1.807, 2.05) is 26.0 Å². The summed E-state index contributed by atoms with van der Waals surface area (Å²) in [4.78, 5) is 22.0. The van der Waals surface area contributed by atoms with Crippen LogP contribution in [-0.4, -0.2) is 58.5 Å². The van der Waals surface area contributed by atoms with Crippen molar-refractivity contribution in [2.24, 2.45) is 5.92 Å². The molecule has 0 saturated carbocycles. The monoisotopic (exact) mass is 455 g/mol. The molecule has 1 amide bonds. The molecule has 0 aliphatic carbocycles. The van der Waals surface area contributed by atoms with E-state index in [2.05, 4.69) is 39.3 Å². The quantitative estimate of drug-likeness (QED) is 0.592. The van der Waals surface area contributed by atoms with E-state index in [1.165, 1.54) is 11.9 Å². The fraction of sp³-hybridized carbons (Fsp3) is 0.440. The lowest BCUT2D eigenvalue weighted by molar-refractivity contribution is -0.125. The summed E-state index contributed by atoms with van der Waals surface area (Å²) >= 11 is 0. The Morgan fingerprint density at radius 1 is 1.03 bits per heavy atom. The number of nitrogens with zero attached hydrogens (tertiary/aromatic N) is 4. The number of hydrogen-bond donors (Lipinski definition) is 1. The third kappa shape index (κ3) is 5.39. The number of halogens is 2. The Kier molecular flexibility index (Phi) is 7.05. The van der Waals surface area contributed by atoms with Gasteiger partial charge >= 0.3 is 0 Å². The van der Waals surface area contributed by atoms with Crippen molar-refractivity contribution in [3.8, 4) is 0 Å². The molecule has 1 aromatic heterocycles. The van der Waals surface area contributed by atoms with Gasteiger partial charge in [-0.1, -0.05) is 38.1 Å². The summed E-state index contributed by atoms with van der Waals surface area (Å²) in [6.07, 6.45) is 1.47. The summed E-state index contributed by atoms with van der Waals surface area (Å²) in [6.45, 7) is 9.50. The molecule has 176 valence electrons. The van der Waals surface area contributed by atoms with Gasteiger partial charge in [0.15, 0.2) is 11.6 Å². The van der Waals surface area contributed by atoms with Crippen LogP contribution in [0.1, 0.15) is 31.0 Å². The number of carbonyl (C=O) groups is 1. The number of imidazole rings is 1. The standard InChI is InChI=1S/C25H31F2N5O/c1-17(2)24(32-16-29-22-12-20(26)21(27)13-23(22)32)25(33)28-14-18-4-6-19(7-5-18)15-31-10-8-30(3)9-11-31/h4-7,12-13,16-17,24H,8-11,14-15H2,1-3H3,(H,28,33). The van der Waals surface area contributed by atoms with E-state index in [0.717, 1.165) is 50.4 Å². The summed E-state index contributed by atoms with van der Waals surface area (Å²) in [6, 6.07) is 9.87. The van der Waals surface area contributed by atoms with Crippen LogP contribution in [0.5, 0.6) is 0 Å². The molecule has 1 fully saturated rings. The Balaban J connectivity index is 1.40. The van der Waals surface area contributed by atoms with Gasteiger partial charge in [-0.3, -0.25) is 9.69 Å². The Morgan fingerprint density at radius 2 is 1.67 bits per heavy atom. The first-order valence-electron chi connectivity index (χ1n) is 11.4. The lowest BCUT2D eigenvalue weighted by atomic mass is 10.0. The summed E-state index contributed by atoms with van der Waals surface area (Å²) in [5.74, 6) is -2.16. The fourth-order valence-corrected chi connectivity index (χ4v) is 4.32. The number of rotatable bonds is 7. The molecule has 1 aliphatic rings. The first-order chi connectivity index (χ1) is 15.8. The van der Waals surface area contributed by atoms with Crippen LogP contribution in [-0.2, 0) is 17.9 Å². The van der Waals surface area contributed by atoms with E-state index in [0.29, 0.717) is 17.6 Å². The van der Waals surface area contributed by atoms with Gasteiger partial charge in [0.25, 0.3) is 0 Å². The van der Waals surface area contributed by atoms with Crippen LogP contribution in [0.2, 0.25) is 0 Å². The van der Waals surface area contributed by atoms with Gasteiger partial charge in [0.2, 0.25) is 5.91 Å². The molecule has 1 unspecified atom stereocenters. The minimum Gasteiger partial charge on any atom is -0.350 e. The average Bonchev–Trinajstić information content (AvgIpc) is 3.17. The zero-order valence-electron chi connectivity index (χ0n) is 19.4. The van der Waals surface area contributed by atoms with Gasteiger partial charge < -0.3 is 14.8 Å². The minimum absolute atomic E-state index is 0.0681. The third-order valence-electron chi connectivity index (χ3n) is 6.31. The van der Waals surface area contributed by atoms with E-state index < -0.39 is 17.7 Å². The number of amides is 1. The highest BCUT2D eigenvalue weighted by Crippen LogP contribution is 2.25. The van der Waals surface area contributed by atoms with Crippen molar-refractivity contribution in [1.82, 2.24) is 24.7 Å². The first kappa shape index (κ1) is 23.3. The van der Waals surface area contributed by atoms with Crippen LogP contribution >= 0.6 is 0 Å². The van der Waals surface area contributed by atoms with E-state index in [-0.39, 0.29) is 11.8 Å². The van der Waals surface area contributed by atoms with Crippen LogP contribution in [0.15, 0.2) is 42.7 Å². The second-order valence-electron chi connectivity index (χ2n) is 9.21. The molecule has 1 atom stereocenters. The van der Waals surface area contributed by atoms with Gasteiger partial charge in [-0.2, -0.15) is 0 Å². The number of piperazine rings is 1. The van der Waals surface area contributed by atoms with Gasteiger partial charge in [-0.25, -0.2) is 13.8 Å². The highest BCUT2D eigenvalue weighted by Gasteiger charge is 2.26. The topological polar surface area (TPSA) is 53.4 Å². The van der Waals surface area contributed by atoms with Gasteiger partial charge in [-0.05, 0) is 24.1 Å². The molecule has 8 heteroatoms. The van der Waals surface area contributed by atoms with Gasteiger partial charge in [-0.15, -0.1) is 0 Å². The Labute approximate surface area is 193 Å². The number of likely N-dealkylation sites (N-methyl/N-ethyl adjacent to an activating group) is 1. The smallest absolute Gasteiger partial charge is 0.243 e. The van der Waals surface area contributed by atoms with Crippen molar-refractivity contribution < 1.29 is 13.6 Å². The average molecular weight is 456 g/mol. The lowest BCUT2D eigenvalue weighted by Crippen LogP contribution is -2.43. The zero-order chi connectivity index (χ0) is 23.5. The molecule has 0 bridgehead atoms. The molecular formula is C25H31F2N5O. The van der Waals surface area contributed by atoms with E-state index in [9.17, 15) is 13.6 Å². The van der Waals surface area contributed by atoms with Crippen LogP contribution in [0.4, 0.5) is 8.78 Å². The molecule has 6 nitrogen and oxygen atoms in total. The molecule has 33 heavy (non-hydrogen) atoms. The van der Waals surface area contributed by atoms with Crippen LogP contribution in [0.25, 0.3) is 11.0 Å². The molecule has 1 saturated heterocycles. The lowest BCUT2D eigenvalue weighted by Gasteiger charge is -2.32. The van der Waals surface area contributed by atoms with Crippen LogP contribution < -0.4 is 5.32 Å². The largest absolute Gasteiger partial charge is 0.350 e. The fourth-order valence-electron chi connectivity index (χ4n) is 4.32. The van der Waals surface area contributed by atoms with Crippen LogP contribution in [0, 0.1) is 17.6 Å². The molecule has 2 aromatic carbocycles. The third-order valence-corrected chi connectivity index (χ3v) is 6.31. The molecule has 4 rings (SSSR count). The molecule has 3 aromatic rings. The van der Waals surface area contributed by atoms with Crippen LogP contribution in [0.3, 0.4) is 0 Å². The van der Waals surface area contributed by atoms with Crippen molar-refractivity contribution in [2.45, 2.75) is 33.0 Å². The molecule has 0 spiro atoms. The Hall–Kier alpha value is -2.84. The number of benzene rings is 2. The summed E-state index contributed by atoms with van der Waals surface area (Å²) < 4.78 is 29.0. The van der Waals surface area contributed by atoms with E-state index in [1.54, 1.807) is 4.57 Å². The highest BCUT2D eigenvalue weighted by molar-refractivity contribution is 5.84. The molecule has 2 heterocycles. The first-order valence-corrected chi connectivity index (χ1v) is 11.4. The maximum Gasteiger partial charge on any atom is 0.243 e. The van der Waals surface area contributed by atoms with Crippen molar-refractivity contribution >= 4 is 16.9 Å². The maximum absolute atomic E-state index is 13.8. The normalized spacial score (nSPS) is 16.4.